The van der Waals surface area contributed by atoms with Crippen LogP contribution in [0.5, 0.6) is 5.75 Å². The third-order valence-electron chi connectivity index (χ3n) is 4.14. The van der Waals surface area contributed by atoms with Gasteiger partial charge >= 0.3 is 0 Å². The van der Waals surface area contributed by atoms with E-state index in [4.69, 9.17) is 27.9 Å². The lowest BCUT2D eigenvalue weighted by molar-refractivity contribution is -0.141. The summed E-state index contributed by atoms with van der Waals surface area (Å²) in [4.78, 5) is 18.9. The number of carbonyl (C=O) groups is 1. The number of nitrogens with zero attached hydrogens (tertiary/aromatic N) is 2. The number of amides is 1. The topological polar surface area (TPSA) is 54.5 Å². The van der Waals surface area contributed by atoms with E-state index < -0.39 is 6.10 Å². The minimum absolute atomic E-state index is 0. The Labute approximate surface area is 169 Å². The van der Waals surface area contributed by atoms with Crippen molar-refractivity contribution in [2.75, 3.05) is 19.6 Å². The predicted molar refractivity (Wildman–Crippen MR) is 105 cm³/mol. The number of halogens is 3. The molecule has 3 rings (SSSR count). The standard InChI is InChI=1S/C18H19Cl2N3O2.ClH/c1-12(25-17-5-4-14(19)9-15(17)20)18(24)23-8-7-22-11-16(23)13-3-2-6-21-10-13;/h2-6,9-10,12,16,22H,7-8,11H2,1H3;1H. The Morgan fingerprint density at radius 2 is 2.19 bits per heavy atom. The molecule has 1 fully saturated rings. The summed E-state index contributed by atoms with van der Waals surface area (Å²) in [5.74, 6) is 0.362. The summed E-state index contributed by atoms with van der Waals surface area (Å²) >= 11 is 12.0. The van der Waals surface area contributed by atoms with Gasteiger partial charge in [0.2, 0.25) is 0 Å². The number of hydrogen-bond donors (Lipinski definition) is 1. The van der Waals surface area contributed by atoms with Crippen LogP contribution < -0.4 is 10.1 Å². The number of nitrogens with one attached hydrogen (secondary N) is 1. The van der Waals surface area contributed by atoms with Crippen LogP contribution in [-0.4, -0.2) is 41.5 Å². The summed E-state index contributed by atoms with van der Waals surface area (Å²) in [7, 11) is 0. The number of carbonyl (C=O) groups excluding carboxylic acids is 1. The zero-order chi connectivity index (χ0) is 17.8. The predicted octanol–water partition coefficient (Wildman–Crippen LogP) is 3.75. The molecule has 26 heavy (non-hydrogen) atoms. The van der Waals surface area contributed by atoms with Gasteiger partial charge in [-0.3, -0.25) is 9.78 Å². The molecule has 1 aromatic heterocycles. The Kier molecular flexibility index (Phi) is 7.53. The molecule has 1 aromatic carbocycles. The molecular formula is C18H20Cl3N3O2. The van der Waals surface area contributed by atoms with E-state index in [0.29, 0.717) is 28.9 Å². The molecule has 0 aliphatic carbocycles. The minimum Gasteiger partial charge on any atom is -0.479 e. The van der Waals surface area contributed by atoms with Crippen molar-refractivity contribution < 1.29 is 9.53 Å². The molecule has 0 bridgehead atoms. The number of piperazine rings is 1. The average molecular weight is 417 g/mol. The summed E-state index contributed by atoms with van der Waals surface area (Å²) in [5, 5.41) is 4.23. The number of hydrogen-bond acceptors (Lipinski definition) is 4. The van der Waals surface area contributed by atoms with Crippen LogP contribution in [0.1, 0.15) is 18.5 Å². The Morgan fingerprint density at radius 1 is 1.38 bits per heavy atom. The van der Waals surface area contributed by atoms with Gasteiger partial charge in [0.05, 0.1) is 11.1 Å². The van der Waals surface area contributed by atoms with Gasteiger partial charge in [0.15, 0.2) is 6.10 Å². The second-order valence-electron chi connectivity index (χ2n) is 5.87. The third kappa shape index (κ3) is 4.80. The van der Waals surface area contributed by atoms with Gasteiger partial charge in [-0.05, 0) is 36.8 Å². The van der Waals surface area contributed by atoms with Gasteiger partial charge in [-0.25, -0.2) is 0 Å². The maximum Gasteiger partial charge on any atom is 0.263 e. The smallest absolute Gasteiger partial charge is 0.263 e. The average Bonchev–Trinajstić information content (AvgIpc) is 2.64. The van der Waals surface area contributed by atoms with Crippen molar-refractivity contribution in [3.63, 3.8) is 0 Å². The number of pyridine rings is 1. The van der Waals surface area contributed by atoms with E-state index in [9.17, 15) is 4.79 Å². The van der Waals surface area contributed by atoms with Gasteiger partial charge in [0.1, 0.15) is 5.75 Å². The molecule has 140 valence electrons. The Balaban J connectivity index is 0.00000243. The molecule has 0 saturated carbocycles. The van der Waals surface area contributed by atoms with Crippen LogP contribution in [0.2, 0.25) is 10.0 Å². The monoisotopic (exact) mass is 415 g/mol. The molecule has 0 radical (unpaired) electrons. The fourth-order valence-electron chi connectivity index (χ4n) is 2.88. The van der Waals surface area contributed by atoms with Crippen molar-refractivity contribution in [1.82, 2.24) is 15.2 Å². The Bertz CT molecular complexity index is 746. The molecule has 2 atom stereocenters. The highest BCUT2D eigenvalue weighted by Gasteiger charge is 2.31. The van der Waals surface area contributed by atoms with Gasteiger partial charge in [0.25, 0.3) is 5.91 Å². The molecule has 2 unspecified atom stereocenters. The zero-order valence-electron chi connectivity index (χ0n) is 14.2. The first kappa shape index (κ1) is 20.8. The molecular weight excluding hydrogens is 397 g/mol. The van der Waals surface area contributed by atoms with Gasteiger partial charge in [-0.1, -0.05) is 29.3 Å². The second kappa shape index (κ2) is 9.42. The normalized spacial score (nSPS) is 18.0. The fraction of sp³-hybridized carbons (Fsp3) is 0.333. The van der Waals surface area contributed by atoms with Gasteiger partial charge < -0.3 is 15.0 Å². The van der Waals surface area contributed by atoms with E-state index in [0.717, 1.165) is 12.1 Å². The van der Waals surface area contributed by atoms with Crippen LogP contribution in [-0.2, 0) is 4.79 Å². The molecule has 8 heteroatoms. The molecule has 5 nitrogen and oxygen atoms in total. The van der Waals surface area contributed by atoms with Gasteiger partial charge in [-0.15, -0.1) is 12.4 Å². The minimum atomic E-state index is -0.657. The lowest BCUT2D eigenvalue weighted by atomic mass is 10.0. The molecule has 2 aromatic rings. The van der Waals surface area contributed by atoms with Gasteiger partial charge in [-0.2, -0.15) is 0 Å². The summed E-state index contributed by atoms with van der Waals surface area (Å²) in [5.41, 5.74) is 1.000. The van der Waals surface area contributed by atoms with E-state index in [2.05, 4.69) is 10.3 Å². The van der Waals surface area contributed by atoms with Crippen molar-refractivity contribution in [3.8, 4) is 5.75 Å². The molecule has 1 saturated heterocycles. The quantitative estimate of drug-likeness (QED) is 0.825. The number of ether oxygens (including phenoxy) is 1. The number of aromatic nitrogens is 1. The maximum atomic E-state index is 12.9. The maximum absolute atomic E-state index is 12.9. The summed E-state index contributed by atoms with van der Waals surface area (Å²) in [6.45, 7) is 3.78. The highest BCUT2D eigenvalue weighted by atomic mass is 35.5. The molecule has 1 aliphatic heterocycles. The Hall–Kier alpha value is -1.53. The van der Waals surface area contributed by atoms with E-state index in [1.807, 2.05) is 17.0 Å². The van der Waals surface area contributed by atoms with Crippen molar-refractivity contribution in [1.29, 1.82) is 0 Å². The van der Waals surface area contributed by atoms with E-state index in [1.54, 1.807) is 37.5 Å². The van der Waals surface area contributed by atoms with Crippen molar-refractivity contribution in [2.24, 2.45) is 0 Å². The second-order valence-corrected chi connectivity index (χ2v) is 6.72. The lowest BCUT2D eigenvalue weighted by Gasteiger charge is -2.37. The van der Waals surface area contributed by atoms with E-state index in [1.165, 1.54) is 0 Å². The highest BCUT2D eigenvalue weighted by Crippen LogP contribution is 2.29. The van der Waals surface area contributed by atoms with Crippen LogP contribution in [0.15, 0.2) is 42.7 Å². The van der Waals surface area contributed by atoms with Crippen molar-refractivity contribution in [2.45, 2.75) is 19.1 Å². The van der Waals surface area contributed by atoms with Crippen LogP contribution in [0, 0.1) is 0 Å². The zero-order valence-corrected chi connectivity index (χ0v) is 16.5. The SMILES string of the molecule is CC(Oc1ccc(Cl)cc1Cl)C(=O)N1CCNCC1c1cccnc1.Cl. The number of rotatable bonds is 4. The first-order valence-corrected chi connectivity index (χ1v) is 8.84. The fourth-order valence-corrected chi connectivity index (χ4v) is 3.34. The Morgan fingerprint density at radius 3 is 2.88 bits per heavy atom. The largest absolute Gasteiger partial charge is 0.479 e. The first-order valence-electron chi connectivity index (χ1n) is 8.09. The first-order chi connectivity index (χ1) is 12.1. The van der Waals surface area contributed by atoms with Crippen molar-refractivity contribution in [3.05, 3.63) is 58.3 Å². The van der Waals surface area contributed by atoms with Crippen LogP contribution in [0.3, 0.4) is 0 Å². The van der Waals surface area contributed by atoms with Crippen LogP contribution in [0.4, 0.5) is 0 Å². The molecule has 1 N–H and O–H groups in total. The van der Waals surface area contributed by atoms with Crippen LogP contribution >= 0.6 is 35.6 Å². The van der Waals surface area contributed by atoms with Crippen molar-refractivity contribution >= 4 is 41.5 Å². The van der Waals surface area contributed by atoms with E-state index >= 15 is 0 Å². The summed E-state index contributed by atoms with van der Waals surface area (Å²) in [6.07, 6.45) is 2.86. The highest BCUT2D eigenvalue weighted by molar-refractivity contribution is 6.35. The molecule has 2 heterocycles. The van der Waals surface area contributed by atoms with E-state index in [-0.39, 0.29) is 24.4 Å². The van der Waals surface area contributed by atoms with Crippen LogP contribution in [0.25, 0.3) is 0 Å². The van der Waals surface area contributed by atoms with Gasteiger partial charge in [0, 0.05) is 37.1 Å². The lowest BCUT2D eigenvalue weighted by Crippen LogP contribution is -2.52. The molecule has 1 amide bonds. The molecule has 1 aliphatic rings. The summed E-state index contributed by atoms with van der Waals surface area (Å²) in [6, 6.07) is 8.74. The molecule has 0 spiro atoms. The number of benzene rings is 1. The third-order valence-corrected chi connectivity index (χ3v) is 4.67. The summed E-state index contributed by atoms with van der Waals surface area (Å²) < 4.78 is 5.78.